The minimum atomic E-state index is -0.251. The average molecular weight is 426 g/mol. The van der Waals surface area contributed by atoms with Crippen molar-refractivity contribution in [3.8, 4) is 11.5 Å². The van der Waals surface area contributed by atoms with E-state index in [1.807, 2.05) is 19.1 Å². The molecule has 0 unspecified atom stereocenters. The monoisotopic (exact) mass is 425 g/mol. The van der Waals surface area contributed by atoms with E-state index in [-0.39, 0.29) is 5.82 Å². The third-order valence-corrected chi connectivity index (χ3v) is 5.09. The van der Waals surface area contributed by atoms with Crippen LogP contribution in [0.3, 0.4) is 0 Å². The van der Waals surface area contributed by atoms with Gasteiger partial charge in [0.15, 0.2) is 11.5 Å². The Labute approximate surface area is 181 Å². The second-order valence-corrected chi connectivity index (χ2v) is 7.38. The summed E-state index contributed by atoms with van der Waals surface area (Å²) in [5.74, 6) is 1.85. The molecular formula is C24H28FN3O3. The van der Waals surface area contributed by atoms with E-state index in [9.17, 15) is 9.18 Å². The van der Waals surface area contributed by atoms with Crippen LogP contribution in [0.1, 0.15) is 44.6 Å². The van der Waals surface area contributed by atoms with Gasteiger partial charge in [-0.25, -0.2) is 14.4 Å². The molecule has 3 rings (SSSR count). The highest BCUT2D eigenvalue weighted by atomic mass is 19.1. The SMILES string of the molecule is CCC(=O)CCCCCOc1cc2ncnc(Nc3ccc(F)c(C)c3)c2cc1OC. The largest absolute Gasteiger partial charge is 0.493 e. The number of nitrogens with one attached hydrogen (secondary N) is 1. The van der Waals surface area contributed by atoms with Crippen LogP contribution in [0, 0.1) is 12.7 Å². The molecule has 0 atom stereocenters. The number of aromatic nitrogens is 2. The first-order chi connectivity index (χ1) is 15.0. The normalized spacial score (nSPS) is 10.8. The lowest BCUT2D eigenvalue weighted by Gasteiger charge is -2.14. The summed E-state index contributed by atoms with van der Waals surface area (Å²) in [4.78, 5) is 20.1. The summed E-state index contributed by atoms with van der Waals surface area (Å²) >= 11 is 0. The Morgan fingerprint density at radius 1 is 1.10 bits per heavy atom. The van der Waals surface area contributed by atoms with Crippen molar-refractivity contribution in [3.63, 3.8) is 0 Å². The predicted molar refractivity (Wildman–Crippen MR) is 120 cm³/mol. The lowest BCUT2D eigenvalue weighted by molar-refractivity contribution is -0.118. The number of aryl methyl sites for hydroxylation is 1. The summed E-state index contributed by atoms with van der Waals surface area (Å²) in [6, 6.07) is 8.48. The van der Waals surface area contributed by atoms with Crippen LogP contribution in [0.15, 0.2) is 36.7 Å². The van der Waals surface area contributed by atoms with Crippen LogP contribution >= 0.6 is 0 Å². The highest BCUT2D eigenvalue weighted by molar-refractivity contribution is 5.93. The van der Waals surface area contributed by atoms with E-state index in [0.717, 1.165) is 30.3 Å². The summed E-state index contributed by atoms with van der Waals surface area (Å²) in [5.41, 5.74) is 2.00. The van der Waals surface area contributed by atoms with Crippen molar-refractivity contribution < 1.29 is 18.7 Å². The van der Waals surface area contributed by atoms with E-state index >= 15 is 0 Å². The predicted octanol–water partition coefficient (Wildman–Crippen LogP) is 5.75. The number of unbranched alkanes of at least 4 members (excludes halogenated alkanes) is 2. The van der Waals surface area contributed by atoms with Crippen molar-refractivity contribution in [1.29, 1.82) is 0 Å². The average Bonchev–Trinajstić information content (AvgIpc) is 2.78. The molecule has 7 heteroatoms. The Morgan fingerprint density at radius 3 is 2.68 bits per heavy atom. The van der Waals surface area contributed by atoms with Gasteiger partial charge in [-0.2, -0.15) is 0 Å². The molecule has 0 amide bonds. The van der Waals surface area contributed by atoms with Crippen LogP contribution in [-0.2, 0) is 4.79 Å². The number of nitrogens with zero attached hydrogens (tertiary/aromatic N) is 2. The fourth-order valence-electron chi connectivity index (χ4n) is 3.26. The number of methoxy groups -OCH3 is 1. The van der Waals surface area contributed by atoms with Gasteiger partial charge in [0.1, 0.15) is 23.7 Å². The number of fused-ring (bicyclic) bond motifs is 1. The van der Waals surface area contributed by atoms with Crippen LogP contribution in [0.25, 0.3) is 10.9 Å². The molecule has 6 nitrogen and oxygen atoms in total. The van der Waals surface area contributed by atoms with Gasteiger partial charge in [0.05, 0.1) is 19.2 Å². The van der Waals surface area contributed by atoms with Gasteiger partial charge in [-0.3, -0.25) is 4.79 Å². The molecule has 0 bridgehead atoms. The Balaban J connectivity index is 1.72. The van der Waals surface area contributed by atoms with Gasteiger partial charge in [-0.05, 0) is 56.0 Å². The van der Waals surface area contributed by atoms with Gasteiger partial charge >= 0.3 is 0 Å². The maximum absolute atomic E-state index is 13.6. The molecule has 0 aliphatic carbocycles. The lowest BCUT2D eigenvalue weighted by atomic mass is 10.1. The molecule has 2 aromatic carbocycles. The summed E-state index contributed by atoms with van der Waals surface area (Å²) in [6.07, 6.45) is 5.39. The van der Waals surface area contributed by atoms with Gasteiger partial charge in [-0.1, -0.05) is 6.92 Å². The quantitative estimate of drug-likeness (QED) is 0.395. The minimum absolute atomic E-state index is 0.251. The fraction of sp³-hybridized carbons (Fsp3) is 0.375. The molecule has 1 N–H and O–H groups in total. The number of ketones is 1. The third-order valence-electron chi connectivity index (χ3n) is 5.09. The van der Waals surface area contributed by atoms with Crippen LogP contribution in [0.2, 0.25) is 0 Å². The summed E-state index contributed by atoms with van der Waals surface area (Å²) in [7, 11) is 1.59. The maximum Gasteiger partial charge on any atom is 0.163 e. The zero-order chi connectivity index (χ0) is 22.2. The number of halogens is 1. The molecule has 0 fully saturated rings. The Morgan fingerprint density at radius 2 is 1.94 bits per heavy atom. The number of Topliss-reactive ketones (excluding diaryl/α,β-unsaturated/α-hetero) is 1. The number of carbonyl (C=O) groups is 1. The summed E-state index contributed by atoms with van der Waals surface area (Å²) in [5, 5.41) is 3.99. The molecule has 0 saturated carbocycles. The summed E-state index contributed by atoms with van der Waals surface area (Å²) < 4.78 is 25.0. The molecule has 1 aromatic heterocycles. The van der Waals surface area contributed by atoms with E-state index in [1.165, 1.54) is 12.4 Å². The molecule has 31 heavy (non-hydrogen) atoms. The number of hydrogen-bond acceptors (Lipinski definition) is 6. The third kappa shape index (κ3) is 5.90. The van der Waals surface area contributed by atoms with Crippen LogP contribution in [0.5, 0.6) is 11.5 Å². The Kier molecular flexibility index (Phi) is 7.76. The van der Waals surface area contributed by atoms with Crippen molar-refractivity contribution >= 4 is 28.2 Å². The Hall–Kier alpha value is -3.22. The first kappa shape index (κ1) is 22.5. The first-order valence-electron chi connectivity index (χ1n) is 10.5. The number of anilines is 2. The van der Waals surface area contributed by atoms with E-state index in [4.69, 9.17) is 9.47 Å². The van der Waals surface area contributed by atoms with Crippen LogP contribution in [0.4, 0.5) is 15.9 Å². The molecule has 0 saturated heterocycles. The smallest absolute Gasteiger partial charge is 0.163 e. The van der Waals surface area contributed by atoms with E-state index < -0.39 is 0 Å². The van der Waals surface area contributed by atoms with Gasteiger partial charge < -0.3 is 14.8 Å². The molecule has 3 aromatic rings. The minimum Gasteiger partial charge on any atom is -0.493 e. The van der Waals surface area contributed by atoms with Gasteiger partial charge in [0.2, 0.25) is 0 Å². The first-order valence-corrected chi connectivity index (χ1v) is 10.5. The molecule has 0 aliphatic rings. The van der Waals surface area contributed by atoms with E-state index in [2.05, 4.69) is 15.3 Å². The van der Waals surface area contributed by atoms with Gasteiger partial charge in [-0.15, -0.1) is 0 Å². The Bertz CT molecular complexity index is 1060. The highest BCUT2D eigenvalue weighted by Crippen LogP contribution is 2.35. The molecule has 164 valence electrons. The molecule has 0 radical (unpaired) electrons. The second-order valence-electron chi connectivity index (χ2n) is 7.38. The molecule has 0 spiro atoms. The number of rotatable bonds is 11. The molecule has 1 heterocycles. The van der Waals surface area contributed by atoms with E-state index in [0.29, 0.717) is 53.6 Å². The maximum atomic E-state index is 13.6. The zero-order valence-electron chi connectivity index (χ0n) is 18.2. The van der Waals surface area contributed by atoms with Crippen molar-refractivity contribution in [1.82, 2.24) is 9.97 Å². The van der Waals surface area contributed by atoms with Crippen LogP contribution < -0.4 is 14.8 Å². The van der Waals surface area contributed by atoms with Crippen LogP contribution in [-0.4, -0.2) is 29.5 Å². The second kappa shape index (κ2) is 10.7. The number of ether oxygens (including phenoxy) is 2. The van der Waals surface area contributed by atoms with E-state index in [1.54, 1.807) is 26.2 Å². The van der Waals surface area contributed by atoms with Gasteiger partial charge in [0.25, 0.3) is 0 Å². The van der Waals surface area contributed by atoms with Crippen molar-refractivity contribution in [2.75, 3.05) is 19.0 Å². The van der Waals surface area contributed by atoms with Crippen molar-refractivity contribution in [3.05, 3.63) is 48.0 Å². The van der Waals surface area contributed by atoms with Crippen molar-refractivity contribution in [2.45, 2.75) is 46.0 Å². The lowest BCUT2D eigenvalue weighted by Crippen LogP contribution is -2.02. The molecular weight excluding hydrogens is 397 g/mol. The fourth-order valence-corrected chi connectivity index (χ4v) is 3.26. The highest BCUT2D eigenvalue weighted by Gasteiger charge is 2.12. The number of hydrogen-bond donors (Lipinski definition) is 1. The summed E-state index contributed by atoms with van der Waals surface area (Å²) in [6.45, 7) is 4.14. The van der Waals surface area contributed by atoms with Gasteiger partial charge in [0, 0.05) is 30.0 Å². The topological polar surface area (TPSA) is 73.3 Å². The zero-order valence-corrected chi connectivity index (χ0v) is 18.2. The number of carbonyl (C=O) groups excluding carboxylic acids is 1. The molecule has 0 aliphatic heterocycles. The van der Waals surface area contributed by atoms with Crippen molar-refractivity contribution in [2.24, 2.45) is 0 Å². The number of benzene rings is 2. The standard InChI is InChI=1S/C24H28FN3O3/c1-4-18(29)8-6-5-7-11-31-23-14-21-19(13-22(23)30-3)24(27-15-26-21)28-17-9-10-20(25)16(2)12-17/h9-10,12-15H,4-8,11H2,1-3H3,(H,26,27,28).